The van der Waals surface area contributed by atoms with Gasteiger partial charge in [0.2, 0.25) is 0 Å². The number of pyridine rings is 1. The molecule has 1 atom stereocenters. The Balaban J connectivity index is 2.15. The van der Waals surface area contributed by atoms with Crippen molar-refractivity contribution in [2.75, 3.05) is 0 Å². The van der Waals surface area contributed by atoms with E-state index in [0.29, 0.717) is 5.54 Å². The van der Waals surface area contributed by atoms with Crippen LogP contribution in [0.4, 0.5) is 0 Å². The van der Waals surface area contributed by atoms with E-state index in [1.54, 1.807) is 0 Å². The lowest BCUT2D eigenvalue weighted by Gasteiger charge is -2.38. The maximum absolute atomic E-state index is 4.48. The quantitative estimate of drug-likeness (QED) is 0.770. The van der Waals surface area contributed by atoms with Crippen molar-refractivity contribution in [1.29, 1.82) is 0 Å². The molecule has 2 nitrogen and oxygen atoms in total. The van der Waals surface area contributed by atoms with Gasteiger partial charge in [0.25, 0.3) is 0 Å². The average molecular weight is 218 g/mol. The molecule has 2 rings (SSSR count). The third kappa shape index (κ3) is 1.99. The Hall–Kier alpha value is -0.890. The first-order valence-corrected chi connectivity index (χ1v) is 6.37. The Morgan fingerprint density at radius 1 is 1.38 bits per heavy atom. The molecular formula is C14H22N2. The zero-order chi connectivity index (χ0) is 11.6. The van der Waals surface area contributed by atoms with Crippen LogP contribution in [0, 0.1) is 0 Å². The Bertz CT molecular complexity index is 337. The first kappa shape index (κ1) is 11.6. The van der Waals surface area contributed by atoms with Crippen LogP contribution in [0.3, 0.4) is 0 Å². The van der Waals surface area contributed by atoms with E-state index in [4.69, 9.17) is 0 Å². The van der Waals surface area contributed by atoms with Crippen LogP contribution in [0.25, 0.3) is 0 Å². The van der Waals surface area contributed by atoms with Crippen LogP contribution in [-0.2, 0) is 13.1 Å². The fraction of sp³-hybridized carbons (Fsp3) is 0.643. The first-order chi connectivity index (χ1) is 7.69. The summed E-state index contributed by atoms with van der Waals surface area (Å²) in [5.74, 6) is 0. The van der Waals surface area contributed by atoms with Crippen LogP contribution in [0.2, 0.25) is 0 Å². The van der Waals surface area contributed by atoms with Gasteiger partial charge in [-0.2, -0.15) is 0 Å². The predicted octanol–water partition coefficient (Wildman–Crippen LogP) is 3.37. The van der Waals surface area contributed by atoms with E-state index in [-0.39, 0.29) is 0 Å². The molecule has 2 heterocycles. The van der Waals surface area contributed by atoms with Gasteiger partial charge in [0.15, 0.2) is 0 Å². The van der Waals surface area contributed by atoms with Gasteiger partial charge in [-0.3, -0.25) is 9.88 Å². The molecule has 0 radical (unpaired) electrons. The van der Waals surface area contributed by atoms with Gasteiger partial charge in [-0.15, -0.1) is 0 Å². The second-order valence-electron chi connectivity index (χ2n) is 5.07. The first-order valence-electron chi connectivity index (χ1n) is 6.37. The normalized spacial score (nSPS) is 19.4. The summed E-state index contributed by atoms with van der Waals surface area (Å²) in [6.45, 7) is 9.07. The highest BCUT2D eigenvalue weighted by Crippen LogP contribution is 2.33. The molecule has 0 amide bonds. The molecule has 0 saturated heterocycles. The van der Waals surface area contributed by atoms with Crippen molar-refractivity contribution in [2.24, 2.45) is 0 Å². The van der Waals surface area contributed by atoms with Crippen molar-refractivity contribution < 1.29 is 0 Å². The third-order valence-corrected chi connectivity index (χ3v) is 4.00. The number of aromatic nitrogens is 1. The number of rotatable bonds is 4. The Morgan fingerprint density at radius 2 is 2.19 bits per heavy atom. The van der Waals surface area contributed by atoms with Gasteiger partial charge in [-0.25, -0.2) is 0 Å². The SMILES string of the molecule is CCCC(C)(CC)N1Cc2cccnc2C1. The summed E-state index contributed by atoms with van der Waals surface area (Å²) >= 11 is 0. The van der Waals surface area contributed by atoms with E-state index < -0.39 is 0 Å². The maximum atomic E-state index is 4.48. The van der Waals surface area contributed by atoms with Crippen LogP contribution in [0.15, 0.2) is 18.3 Å². The summed E-state index contributed by atoms with van der Waals surface area (Å²) in [6, 6.07) is 4.26. The second kappa shape index (κ2) is 4.54. The average Bonchev–Trinajstić information content (AvgIpc) is 2.73. The summed E-state index contributed by atoms with van der Waals surface area (Å²) in [5, 5.41) is 0. The maximum Gasteiger partial charge on any atom is 0.0589 e. The Labute approximate surface area is 98.7 Å². The molecule has 1 unspecified atom stereocenters. The Kier molecular flexibility index (Phi) is 3.29. The van der Waals surface area contributed by atoms with Crippen LogP contribution < -0.4 is 0 Å². The molecular weight excluding hydrogens is 196 g/mol. The number of hydrogen-bond acceptors (Lipinski definition) is 2. The molecule has 0 saturated carbocycles. The highest BCUT2D eigenvalue weighted by atomic mass is 15.2. The second-order valence-corrected chi connectivity index (χ2v) is 5.07. The topological polar surface area (TPSA) is 16.1 Å². The summed E-state index contributed by atoms with van der Waals surface area (Å²) in [5.41, 5.74) is 3.03. The van der Waals surface area contributed by atoms with Crippen molar-refractivity contribution in [1.82, 2.24) is 9.88 Å². The van der Waals surface area contributed by atoms with Crippen LogP contribution in [-0.4, -0.2) is 15.4 Å². The standard InChI is InChI=1S/C14H22N2/c1-4-8-14(3,5-2)16-10-12-7-6-9-15-13(12)11-16/h6-7,9H,4-5,8,10-11H2,1-3H3. The minimum absolute atomic E-state index is 0.343. The van der Waals surface area contributed by atoms with Crippen molar-refractivity contribution in [3.05, 3.63) is 29.6 Å². The van der Waals surface area contributed by atoms with Crippen molar-refractivity contribution >= 4 is 0 Å². The molecule has 2 heteroatoms. The fourth-order valence-corrected chi connectivity index (χ4v) is 2.68. The number of nitrogens with zero attached hydrogens (tertiary/aromatic N) is 2. The van der Waals surface area contributed by atoms with E-state index in [0.717, 1.165) is 13.1 Å². The minimum atomic E-state index is 0.343. The van der Waals surface area contributed by atoms with Crippen LogP contribution in [0.5, 0.6) is 0 Å². The van der Waals surface area contributed by atoms with Crippen LogP contribution in [0.1, 0.15) is 51.3 Å². The lowest BCUT2D eigenvalue weighted by Crippen LogP contribution is -2.42. The van der Waals surface area contributed by atoms with Crippen molar-refractivity contribution in [2.45, 2.75) is 58.7 Å². The summed E-state index contributed by atoms with van der Waals surface area (Å²) in [7, 11) is 0. The van der Waals surface area contributed by atoms with Crippen LogP contribution >= 0.6 is 0 Å². The van der Waals surface area contributed by atoms with Gasteiger partial charge in [-0.1, -0.05) is 26.3 Å². The van der Waals surface area contributed by atoms with E-state index in [2.05, 4.69) is 36.7 Å². The van der Waals surface area contributed by atoms with Gasteiger partial charge in [0.05, 0.1) is 5.69 Å². The molecule has 1 aliphatic rings. The number of fused-ring (bicyclic) bond motifs is 1. The Morgan fingerprint density at radius 3 is 2.81 bits per heavy atom. The lowest BCUT2D eigenvalue weighted by molar-refractivity contribution is 0.0860. The molecule has 0 aromatic carbocycles. The molecule has 0 bridgehead atoms. The van der Waals surface area contributed by atoms with E-state index in [1.807, 2.05) is 12.3 Å². The van der Waals surface area contributed by atoms with Crippen molar-refractivity contribution in [3.8, 4) is 0 Å². The molecule has 0 aliphatic carbocycles. The summed E-state index contributed by atoms with van der Waals surface area (Å²) in [6.07, 6.45) is 5.66. The molecule has 0 spiro atoms. The lowest BCUT2D eigenvalue weighted by atomic mass is 9.91. The van der Waals surface area contributed by atoms with E-state index >= 15 is 0 Å². The van der Waals surface area contributed by atoms with E-state index in [1.165, 1.54) is 30.5 Å². The molecule has 1 aromatic heterocycles. The summed E-state index contributed by atoms with van der Waals surface area (Å²) < 4.78 is 0. The highest BCUT2D eigenvalue weighted by Gasteiger charge is 2.33. The molecule has 1 aliphatic heterocycles. The minimum Gasteiger partial charge on any atom is -0.288 e. The zero-order valence-corrected chi connectivity index (χ0v) is 10.7. The molecule has 0 fully saturated rings. The fourth-order valence-electron chi connectivity index (χ4n) is 2.68. The van der Waals surface area contributed by atoms with E-state index in [9.17, 15) is 0 Å². The zero-order valence-electron chi connectivity index (χ0n) is 10.7. The van der Waals surface area contributed by atoms with Gasteiger partial charge < -0.3 is 0 Å². The third-order valence-electron chi connectivity index (χ3n) is 4.00. The molecule has 88 valence electrons. The predicted molar refractivity (Wildman–Crippen MR) is 67.1 cm³/mol. The smallest absolute Gasteiger partial charge is 0.0589 e. The summed E-state index contributed by atoms with van der Waals surface area (Å²) in [4.78, 5) is 7.07. The van der Waals surface area contributed by atoms with Crippen molar-refractivity contribution in [3.63, 3.8) is 0 Å². The largest absolute Gasteiger partial charge is 0.288 e. The van der Waals surface area contributed by atoms with Gasteiger partial charge >= 0.3 is 0 Å². The molecule has 1 aromatic rings. The van der Waals surface area contributed by atoms with Gasteiger partial charge in [-0.05, 0) is 31.4 Å². The molecule has 16 heavy (non-hydrogen) atoms. The van der Waals surface area contributed by atoms with Gasteiger partial charge in [0.1, 0.15) is 0 Å². The number of hydrogen-bond donors (Lipinski definition) is 0. The molecule has 0 N–H and O–H groups in total. The highest BCUT2D eigenvalue weighted by molar-refractivity contribution is 5.24. The monoisotopic (exact) mass is 218 g/mol. The van der Waals surface area contributed by atoms with Gasteiger partial charge in [0, 0.05) is 24.8 Å².